The summed E-state index contributed by atoms with van der Waals surface area (Å²) in [5.41, 5.74) is 11.9. The van der Waals surface area contributed by atoms with Gasteiger partial charge in [-0.15, -0.1) is 11.3 Å². The van der Waals surface area contributed by atoms with Crippen molar-refractivity contribution in [1.29, 1.82) is 0 Å². The third kappa shape index (κ3) is 6.32. The smallest absolute Gasteiger partial charge is 0.293 e. The lowest BCUT2D eigenvalue weighted by molar-refractivity contribution is 0.0764. The van der Waals surface area contributed by atoms with E-state index in [0.717, 1.165) is 49.6 Å². The highest BCUT2D eigenvalue weighted by molar-refractivity contribution is 7.20. The molecule has 0 aliphatic carbocycles. The number of carbonyl (C=O) groups excluding carboxylic acids is 1. The summed E-state index contributed by atoms with van der Waals surface area (Å²) in [5, 5.41) is 7.71. The Labute approximate surface area is 255 Å². The second-order valence-corrected chi connectivity index (χ2v) is 11.6. The van der Waals surface area contributed by atoms with Crippen LogP contribution < -0.4 is 21.9 Å². The molecule has 0 aliphatic rings. The van der Waals surface area contributed by atoms with E-state index in [4.69, 9.17) is 10.7 Å². The van der Waals surface area contributed by atoms with Crippen LogP contribution in [0.5, 0.6) is 0 Å². The fourth-order valence-electron chi connectivity index (χ4n) is 4.99. The molecular formula is C34H36N6O2S. The number of anilines is 4. The lowest BCUT2D eigenvalue weighted by Crippen LogP contribution is -2.31. The van der Waals surface area contributed by atoms with Gasteiger partial charge in [0.15, 0.2) is 5.82 Å². The van der Waals surface area contributed by atoms with Crippen LogP contribution in [0, 0.1) is 6.92 Å². The summed E-state index contributed by atoms with van der Waals surface area (Å²) in [6.45, 7) is 11.7. The van der Waals surface area contributed by atoms with Crippen LogP contribution in [0.3, 0.4) is 0 Å². The molecule has 2 aromatic heterocycles. The molecule has 0 unspecified atom stereocenters. The number of benzene rings is 3. The maximum Gasteiger partial charge on any atom is 0.293 e. The summed E-state index contributed by atoms with van der Waals surface area (Å²) in [5.74, 6) is 0.197. The molecule has 3 aromatic carbocycles. The SMILES string of the molecule is C=C(Nc1cccc(-c2cn(C)c(=O)c(Nc3ccc(C(=O)N(CC)CCC)cc3)n2)c1C)c1cc2cc(N)ccc2s1. The minimum absolute atomic E-state index is 0.00404. The number of rotatable bonds is 10. The Kier molecular flexibility index (Phi) is 8.63. The van der Waals surface area contributed by atoms with Crippen molar-refractivity contribution < 1.29 is 4.79 Å². The molecule has 0 radical (unpaired) electrons. The molecule has 0 bridgehead atoms. The quantitative estimate of drug-likeness (QED) is 0.148. The molecule has 2 heterocycles. The molecular weight excluding hydrogens is 556 g/mol. The molecule has 0 fully saturated rings. The van der Waals surface area contributed by atoms with Crippen LogP contribution in [0.1, 0.15) is 41.1 Å². The number of hydrogen-bond acceptors (Lipinski definition) is 7. The average Bonchev–Trinajstić information content (AvgIpc) is 3.43. The zero-order chi connectivity index (χ0) is 30.7. The summed E-state index contributed by atoms with van der Waals surface area (Å²) >= 11 is 1.66. The second kappa shape index (κ2) is 12.5. The first-order valence-corrected chi connectivity index (χ1v) is 15.1. The zero-order valence-electron chi connectivity index (χ0n) is 24.9. The van der Waals surface area contributed by atoms with E-state index in [1.165, 1.54) is 4.57 Å². The molecule has 0 spiro atoms. The second-order valence-electron chi connectivity index (χ2n) is 10.5. The van der Waals surface area contributed by atoms with Gasteiger partial charge in [-0.3, -0.25) is 9.59 Å². The monoisotopic (exact) mass is 592 g/mol. The largest absolute Gasteiger partial charge is 0.399 e. The lowest BCUT2D eigenvalue weighted by Gasteiger charge is -2.20. The summed E-state index contributed by atoms with van der Waals surface area (Å²) in [4.78, 5) is 33.4. The fraction of sp³-hybridized carbons (Fsp3) is 0.206. The van der Waals surface area contributed by atoms with Gasteiger partial charge >= 0.3 is 0 Å². The van der Waals surface area contributed by atoms with Crippen LogP contribution in [-0.4, -0.2) is 33.4 Å². The summed E-state index contributed by atoms with van der Waals surface area (Å²) in [6, 6.07) is 21.1. The number of fused-ring (bicyclic) bond motifs is 1. The lowest BCUT2D eigenvalue weighted by atomic mass is 10.0. The van der Waals surface area contributed by atoms with Crippen molar-refractivity contribution in [3.63, 3.8) is 0 Å². The van der Waals surface area contributed by atoms with Crippen molar-refractivity contribution in [3.05, 3.63) is 106 Å². The minimum atomic E-state index is -0.255. The number of hydrogen-bond donors (Lipinski definition) is 3. The first-order chi connectivity index (χ1) is 20.7. The van der Waals surface area contributed by atoms with Crippen molar-refractivity contribution in [1.82, 2.24) is 14.5 Å². The van der Waals surface area contributed by atoms with E-state index in [1.807, 2.05) is 55.1 Å². The Balaban J connectivity index is 1.39. The summed E-state index contributed by atoms with van der Waals surface area (Å²) in [6.07, 6.45) is 2.64. The van der Waals surface area contributed by atoms with Gasteiger partial charge in [-0.2, -0.15) is 0 Å². The van der Waals surface area contributed by atoms with Crippen LogP contribution in [0.15, 0.2) is 84.3 Å². The van der Waals surface area contributed by atoms with Crippen LogP contribution in [0.2, 0.25) is 0 Å². The third-order valence-electron chi connectivity index (χ3n) is 7.36. The molecule has 1 amide bonds. The van der Waals surface area contributed by atoms with Gasteiger partial charge in [-0.05, 0) is 85.8 Å². The van der Waals surface area contributed by atoms with Gasteiger partial charge < -0.3 is 25.8 Å². The van der Waals surface area contributed by atoms with Crippen molar-refractivity contribution in [2.45, 2.75) is 27.2 Å². The molecule has 8 nitrogen and oxygen atoms in total. The molecule has 0 aliphatic heterocycles. The van der Waals surface area contributed by atoms with Gasteiger partial charge in [0, 0.05) is 64.9 Å². The molecule has 5 aromatic rings. The van der Waals surface area contributed by atoms with Crippen LogP contribution in [0.4, 0.5) is 22.9 Å². The molecule has 0 saturated heterocycles. The summed E-state index contributed by atoms with van der Waals surface area (Å²) in [7, 11) is 1.71. The molecule has 4 N–H and O–H groups in total. The van der Waals surface area contributed by atoms with E-state index in [0.29, 0.717) is 30.0 Å². The van der Waals surface area contributed by atoms with E-state index in [-0.39, 0.29) is 17.3 Å². The van der Waals surface area contributed by atoms with Gasteiger partial charge in [0.05, 0.1) is 10.6 Å². The maximum atomic E-state index is 13.0. The number of nitrogens with zero attached hydrogens (tertiary/aromatic N) is 3. The van der Waals surface area contributed by atoms with Crippen molar-refractivity contribution in [3.8, 4) is 11.3 Å². The highest BCUT2D eigenvalue weighted by Gasteiger charge is 2.16. The van der Waals surface area contributed by atoms with Crippen molar-refractivity contribution in [2.75, 3.05) is 29.5 Å². The van der Waals surface area contributed by atoms with Crippen molar-refractivity contribution in [2.24, 2.45) is 7.05 Å². The average molecular weight is 593 g/mol. The Morgan fingerprint density at radius 1 is 1.09 bits per heavy atom. The predicted molar refractivity (Wildman–Crippen MR) is 180 cm³/mol. The number of aryl methyl sites for hydroxylation is 1. The molecule has 5 rings (SSSR count). The van der Waals surface area contributed by atoms with Gasteiger partial charge in [-0.1, -0.05) is 25.6 Å². The topological polar surface area (TPSA) is 105 Å². The van der Waals surface area contributed by atoms with Gasteiger partial charge in [-0.25, -0.2) is 4.98 Å². The van der Waals surface area contributed by atoms with E-state index in [2.05, 4.69) is 30.2 Å². The molecule has 9 heteroatoms. The third-order valence-corrected chi connectivity index (χ3v) is 8.54. The first kappa shape index (κ1) is 29.6. The van der Waals surface area contributed by atoms with E-state index >= 15 is 0 Å². The van der Waals surface area contributed by atoms with E-state index in [1.54, 1.807) is 48.8 Å². The Hall–Kier alpha value is -4.89. The molecule has 0 atom stereocenters. The maximum absolute atomic E-state index is 13.0. The number of nitrogens with one attached hydrogen (secondary N) is 2. The minimum Gasteiger partial charge on any atom is -0.399 e. The fourth-order valence-corrected chi connectivity index (χ4v) is 5.96. The van der Waals surface area contributed by atoms with Gasteiger partial charge in [0.1, 0.15) is 0 Å². The van der Waals surface area contributed by atoms with Gasteiger partial charge in [0.2, 0.25) is 0 Å². The molecule has 0 saturated carbocycles. The Morgan fingerprint density at radius 2 is 1.86 bits per heavy atom. The van der Waals surface area contributed by atoms with Crippen LogP contribution in [0.25, 0.3) is 27.0 Å². The zero-order valence-corrected chi connectivity index (χ0v) is 25.7. The number of nitrogen functional groups attached to an aromatic ring is 1. The van der Waals surface area contributed by atoms with E-state index in [9.17, 15) is 9.59 Å². The number of amides is 1. The van der Waals surface area contributed by atoms with E-state index < -0.39 is 0 Å². The Bertz CT molecular complexity index is 1870. The van der Waals surface area contributed by atoms with Gasteiger partial charge in [0.25, 0.3) is 11.5 Å². The highest BCUT2D eigenvalue weighted by Crippen LogP contribution is 2.34. The Morgan fingerprint density at radius 3 is 2.58 bits per heavy atom. The number of thiophene rings is 1. The standard InChI is InChI=1S/C34H36N6O2S/c1-6-17-40(7-2)33(41)23-11-14-26(15-12-23)37-32-34(42)39(5)20-29(38-32)27-9-8-10-28(21(27)3)36-22(4)31-19-24-18-25(35)13-16-30(24)43-31/h8-16,18-20,36H,4,6-7,17,35H2,1-3,5H3,(H,37,38). The normalized spacial score (nSPS) is 11.0. The molecule has 220 valence electrons. The van der Waals surface area contributed by atoms with Crippen LogP contribution >= 0.6 is 11.3 Å². The number of nitrogens with two attached hydrogens (primary N) is 1. The predicted octanol–water partition coefficient (Wildman–Crippen LogP) is 7.25. The highest BCUT2D eigenvalue weighted by atomic mass is 32.1. The first-order valence-electron chi connectivity index (χ1n) is 14.3. The molecule has 43 heavy (non-hydrogen) atoms. The number of aromatic nitrogens is 2. The summed E-state index contributed by atoms with van der Waals surface area (Å²) < 4.78 is 2.67. The van der Waals surface area contributed by atoms with Crippen molar-refractivity contribution >= 4 is 55.9 Å². The van der Waals surface area contributed by atoms with Crippen LogP contribution in [-0.2, 0) is 7.05 Å². The number of carbonyl (C=O) groups is 1.